The van der Waals surface area contributed by atoms with Crippen molar-refractivity contribution in [2.45, 2.75) is 39.7 Å². The Bertz CT molecular complexity index is 548. The lowest BCUT2D eigenvalue weighted by atomic mass is 10.0. The van der Waals surface area contributed by atoms with Gasteiger partial charge < -0.3 is 10.3 Å². The van der Waals surface area contributed by atoms with E-state index in [0.717, 1.165) is 42.3 Å². The Morgan fingerprint density at radius 3 is 2.84 bits per heavy atom. The molecule has 19 heavy (non-hydrogen) atoms. The first-order chi connectivity index (χ1) is 9.15. The van der Waals surface area contributed by atoms with E-state index in [1.165, 1.54) is 11.3 Å². The SMILES string of the molecule is CCn1c(CCC(C)CCN)nc2cc(Br)ccc21. The summed E-state index contributed by atoms with van der Waals surface area (Å²) in [6.45, 7) is 6.19. The summed E-state index contributed by atoms with van der Waals surface area (Å²) in [5, 5.41) is 0. The van der Waals surface area contributed by atoms with Crippen LogP contribution in [0.5, 0.6) is 0 Å². The number of benzene rings is 1. The van der Waals surface area contributed by atoms with Crippen molar-refractivity contribution in [2.24, 2.45) is 11.7 Å². The van der Waals surface area contributed by atoms with Crippen LogP contribution in [-0.2, 0) is 13.0 Å². The van der Waals surface area contributed by atoms with Crippen LogP contribution in [0, 0.1) is 5.92 Å². The molecule has 0 aliphatic rings. The molecule has 0 bridgehead atoms. The number of aromatic nitrogens is 2. The molecule has 0 aliphatic heterocycles. The molecule has 0 radical (unpaired) electrons. The topological polar surface area (TPSA) is 43.8 Å². The molecule has 1 heterocycles. The van der Waals surface area contributed by atoms with Crippen molar-refractivity contribution in [2.75, 3.05) is 6.54 Å². The van der Waals surface area contributed by atoms with Gasteiger partial charge in [-0.05, 0) is 50.4 Å². The van der Waals surface area contributed by atoms with Crippen LogP contribution in [-0.4, -0.2) is 16.1 Å². The highest BCUT2D eigenvalue weighted by Gasteiger charge is 2.11. The predicted molar refractivity (Wildman–Crippen MR) is 84.3 cm³/mol. The van der Waals surface area contributed by atoms with Crippen molar-refractivity contribution in [3.63, 3.8) is 0 Å². The average Bonchev–Trinajstić information content (AvgIpc) is 2.73. The Labute approximate surface area is 123 Å². The van der Waals surface area contributed by atoms with Gasteiger partial charge >= 0.3 is 0 Å². The normalized spacial score (nSPS) is 13.1. The van der Waals surface area contributed by atoms with Crippen LogP contribution in [0.3, 0.4) is 0 Å². The zero-order valence-electron chi connectivity index (χ0n) is 11.7. The van der Waals surface area contributed by atoms with E-state index < -0.39 is 0 Å². The van der Waals surface area contributed by atoms with E-state index in [4.69, 9.17) is 10.7 Å². The van der Waals surface area contributed by atoms with Crippen LogP contribution in [0.25, 0.3) is 11.0 Å². The second kappa shape index (κ2) is 6.53. The molecule has 0 fully saturated rings. The number of hydrogen-bond acceptors (Lipinski definition) is 2. The lowest BCUT2D eigenvalue weighted by Crippen LogP contribution is -2.08. The molecule has 0 amide bonds. The molecule has 0 aliphatic carbocycles. The van der Waals surface area contributed by atoms with Gasteiger partial charge in [-0.25, -0.2) is 4.98 Å². The lowest BCUT2D eigenvalue weighted by molar-refractivity contribution is 0.488. The maximum Gasteiger partial charge on any atom is 0.109 e. The van der Waals surface area contributed by atoms with Crippen molar-refractivity contribution in [1.29, 1.82) is 0 Å². The first kappa shape index (κ1) is 14.5. The Kier molecular flexibility index (Phi) is 4.99. The monoisotopic (exact) mass is 323 g/mol. The average molecular weight is 324 g/mol. The second-order valence-electron chi connectivity index (χ2n) is 5.13. The quantitative estimate of drug-likeness (QED) is 0.880. The minimum absolute atomic E-state index is 0.668. The van der Waals surface area contributed by atoms with Gasteiger partial charge in [-0.2, -0.15) is 0 Å². The summed E-state index contributed by atoms with van der Waals surface area (Å²) < 4.78 is 3.40. The van der Waals surface area contributed by atoms with E-state index >= 15 is 0 Å². The summed E-state index contributed by atoms with van der Waals surface area (Å²) in [7, 11) is 0. The molecule has 0 saturated carbocycles. The van der Waals surface area contributed by atoms with Gasteiger partial charge in [0.25, 0.3) is 0 Å². The van der Waals surface area contributed by atoms with Gasteiger partial charge in [0.2, 0.25) is 0 Å². The van der Waals surface area contributed by atoms with Gasteiger partial charge in [0.05, 0.1) is 11.0 Å². The number of imidazole rings is 1. The van der Waals surface area contributed by atoms with Gasteiger partial charge in [-0.1, -0.05) is 22.9 Å². The highest BCUT2D eigenvalue weighted by atomic mass is 79.9. The Morgan fingerprint density at radius 1 is 1.37 bits per heavy atom. The summed E-state index contributed by atoms with van der Waals surface area (Å²) in [6, 6.07) is 6.31. The maximum absolute atomic E-state index is 5.61. The number of halogens is 1. The van der Waals surface area contributed by atoms with E-state index in [1.54, 1.807) is 0 Å². The fraction of sp³-hybridized carbons (Fsp3) is 0.533. The minimum Gasteiger partial charge on any atom is -0.330 e. The fourth-order valence-electron chi connectivity index (χ4n) is 2.50. The Balaban J connectivity index is 2.22. The fourth-order valence-corrected chi connectivity index (χ4v) is 2.85. The van der Waals surface area contributed by atoms with Gasteiger partial charge in [0.1, 0.15) is 5.82 Å². The zero-order chi connectivity index (χ0) is 13.8. The minimum atomic E-state index is 0.668. The Morgan fingerprint density at radius 2 is 2.16 bits per heavy atom. The highest BCUT2D eigenvalue weighted by Crippen LogP contribution is 2.22. The number of aryl methyl sites for hydroxylation is 2. The van der Waals surface area contributed by atoms with Crippen LogP contribution < -0.4 is 5.73 Å². The molecule has 0 spiro atoms. The van der Waals surface area contributed by atoms with Crippen LogP contribution in [0.15, 0.2) is 22.7 Å². The van der Waals surface area contributed by atoms with Crippen molar-refractivity contribution in [3.8, 4) is 0 Å². The summed E-state index contributed by atoms with van der Waals surface area (Å²) >= 11 is 3.51. The van der Waals surface area contributed by atoms with E-state index in [-0.39, 0.29) is 0 Å². The summed E-state index contributed by atoms with van der Waals surface area (Å²) in [4.78, 5) is 4.78. The molecular formula is C15H22BrN3. The van der Waals surface area contributed by atoms with E-state index in [9.17, 15) is 0 Å². The van der Waals surface area contributed by atoms with Gasteiger partial charge in [0.15, 0.2) is 0 Å². The number of hydrogen-bond donors (Lipinski definition) is 1. The molecule has 1 aromatic heterocycles. The highest BCUT2D eigenvalue weighted by molar-refractivity contribution is 9.10. The van der Waals surface area contributed by atoms with Crippen molar-refractivity contribution in [1.82, 2.24) is 9.55 Å². The zero-order valence-corrected chi connectivity index (χ0v) is 13.3. The van der Waals surface area contributed by atoms with Crippen molar-refractivity contribution < 1.29 is 0 Å². The van der Waals surface area contributed by atoms with E-state index in [1.807, 2.05) is 0 Å². The molecule has 1 aromatic carbocycles. The maximum atomic E-state index is 5.61. The van der Waals surface area contributed by atoms with Gasteiger partial charge in [-0.15, -0.1) is 0 Å². The standard InChI is InChI=1S/C15H22BrN3/c1-3-19-14-6-5-12(16)10-13(14)18-15(19)7-4-11(2)8-9-17/h5-6,10-11H,3-4,7-9,17H2,1-2H3. The number of fused-ring (bicyclic) bond motifs is 1. The molecule has 2 rings (SSSR count). The Hall–Kier alpha value is -0.870. The molecule has 4 heteroatoms. The predicted octanol–water partition coefficient (Wildman–Crippen LogP) is 3.74. The summed E-state index contributed by atoms with van der Waals surface area (Å²) in [6.07, 6.45) is 3.28. The smallest absolute Gasteiger partial charge is 0.109 e. The third-order valence-electron chi connectivity index (χ3n) is 3.63. The van der Waals surface area contributed by atoms with Gasteiger partial charge in [0, 0.05) is 17.4 Å². The molecule has 1 unspecified atom stereocenters. The largest absolute Gasteiger partial charge is 0.330 e. The lowest BCUT2D eigenvalue weighted by Gasteiger charge is -2.10. The third kappa shape index (κ3) is 3.37. The van der Waals surface area contributed by atoms with Crippen LogP contribution in [0.1, 0.15) is 32.5 Å². The number of rotatable bonds is 6. The molecular weight excluding hydrogens is 302 g/mol. The van der Waals surface area contributed by atoms with Gasteiger partial charge in [-0.3, -0.25) is 0 Å². The van der Waals surface area contributed by atoms with Crippen molar-refractivity contribution in [3.05, 3.63) is 28.5 Å². The molecule has 1 atom stereocenters. The van der Waals surface area contributed by atoms with Crippen LogP contribution >= 0.6 is 15.9 Å². The first-order valence-electron chi connectivity index (χ1n) is 7.00. The molecule has 2 N–H and O–H groups in total. The third-order valence-corrected chi connectivity index (χ3v) is 4.12. The van der Waals surface area contributed by atoms with Crippen molar-refractivity contribution >= 4 is 27.0 Å². The molecule has 3 nitrogen and oxygen atoms in total. The molecule has 2 aromatic rings. The van der Waals surface area contributed by atoms with E-state index in [0.29, 0.717) is 5.92 Å². The number of nitrogens with two attached hydrogens (primary N) is 1. The summed E-state index contributed by atoms with van der Waals surface area (Å²) in [5.41, 5.74) is 7.92. The molecule has 0 saturated heterocycles. The van der Waals surface area contributed by atoms with E-state index in [2.05, 4.69) is 52.5 Å². The summed E-state index contributed by atoms with van der Waals surface area (Å²) in [5.74, 6) is 1.86. The second-order valence-corrected chi connectivity index (χ2v) is 6.04. The number of nitrogens with zero attached hydrogens (tertiary/aromatic N) is 2. The van der Waals surface area contributed by atoms with Crippen LogP contribution in [0.4, 0.5) is 0 Å². The molecule has 104 valence electrons. The van der Waals surface area contributed by atoms with Crippen LogP contribution in [0.2, 0.25) is 0 Å². The first-order valence-corrected chi connectivity index (χ1v) is 7.79.